The summed E-state index contributed by atoms with van der Waals surface area (Å²) in [7, 11) is 0. The van der Waals surface area contributed by atoms with Crippen LogP contribution >= 0.6 is 0 Å². The summed E-state index contributed by atoms with van der Waals surface area (Å²) < 4.78 is 58.1. The molecule has 28 heavy (non-hydrogen) atoms. The maximum absolute atomic E-state index is 13.0. The molecule has 0 radical (unpaired) electrons. The van der Waals surface area contributed by atoms with Crippen LogP contribution in [0, 0.1) is 13.8 Å². The SMILES string of the molecule is Cc1cc(OC(F)F)ccc1C(C)C(=O)C(C)c1ccc(OC(F)F)cc1C. The first-order valence-electron chi connectivity index (χ1n) is 8.74. The van der Waals surface area contributed by atoms with Crippen molar-refractivity contribution in [2.75, 3.05) is 0 Å². The Balaban J connectivity index is 2.20. The molecule has 0 spiro atoms. The second-order valence-corrected chi connectivity index (χ2v) is 6.64. The molecule has 2 aromatic carbocycles. The normalized spacial score (nSPS) is 13.5. The van der Waals surface area contributed by atoms with Crippen molar-refractivity contribution in [2.45, 2.75) is 52.8 Å². The minimum absolute atomic E-state index is 0.0365. The molecule has 2 rings (SSSR count). The van der Waals surface area contributed by atoms with Crippen LogP contribution in [0.3, 0.4) is 0 Å². The highest BCUT2D eigenvalue weighted by Gasteiger charge is 2.25. The van der Waals surface area contributed by atoms with Crippen LogP contribution < -0.4 is 9.47 Å². The lowest BCUT2D eigenvalue weighted by Gasteiger charge is -2.21. The Labute approximate surface area is 161 Å². The highest BCUT2D eigenvalue weighted by atomic mass is 19.3. The molecule has 0 aliphatic rings. The smallest absolute Gasteiger partial charge is 0.387 e. The highest BCUT2D eigenvalue weighted by Crippen LogP contribution is 2.32. The lowest BCUT2D eigenvalue weighted by atomic mass is 9.83. The third kappa shape index (κ3) is 5.24. The van der Waals surface area contributed by atoms with Crippen molar-refractivity contribution < 1.29 is 31.8 Å². The third-order valence-electron chi connectivity index (χ3n) is 4.72. The van der Waals surface area contributed by atoms with E-state index in [2.05, 4.69) is 9.47 Å². The third-order valence-corrected chi connectivity index (χ3v) is 4.72. The molecule has 3 nitrogen and oxygen atoms in total. The van der Waals surface area contributed by atoms with Crippen LogP contribution in [0.25, 0.3) is 0 Å². The number of rotatable bonds is 8. The van der Waals surface area contributed by atoms with Gasteiger partial charge in [0, 0.05) is 11.8 Å². The predicted molar refractivity (Wildman–Crippen MR) is 97.5 cm³/mol. The molecule has 2 unspecified atom stereocenters. The molecule has 0 fully saturated rings. The summed E-state index contributed by atoms with van der Waals surface area (Å²) in [6, 6.07) is 8.97. The Kier molecular flexibility index (Phi) is 7.05. The van der Waals surface area contributed by atoms with Crippen molar-refractivity contribution in [2.24, 2.45) is 0 Å². The Bertz CT molecular complexity index is 769. The molecule has 0 aliphatic carbocycles. The second kappa shape index (κ2) is 9.08. The fourth-order valence-corrected chi connectivity index (χ4v) is 3.30. The number of hydrogen-bond donors (Lipinski definition) is 0. The number of carbonyl (C=O) groups excluding carboxylic acids is 1. The van der Waals surface area contributed by atoms with Gasteiger partial charge in [0.2, 0.25) is 0 Å². The number of ether oxygens (including phenoxy) is 2. The Morgan fingerprint density at radius 3 is 1.39 bits per heavy atom. The standard InChI is InChI=1S/C21H22F4O3/c1-11-9-15(27-20(22)23)5-7-17(11)13(3)19(26)14(4)18-8-6-16(10-12(18)2)28-21(24)25/h5-10,13-14,20-21H,1-4H3. The van der Waals surface area contributed by atoms with E-state index < -0.39 is 25.1 Å². The van der Waals surface area contributed by atoms with E-state index in [9.17, 15) is 22.4 Å². The quantitative estimate of drug-likeness (QED) is 0.513. The van der Waals surface area contributed by atoms with Crippen LogP contribution in [0.2, 0.25) is 0 Å². The molecule has 0 heterocycles. The van der Waals surface area contributed by atoms with Gasteiger partial charge in [-0.3, -0.25) is 4.79 Å². The van der Waals surface area contributed by atoms with Gasteiger partial charge < -0.3 is 9.47 Å². The van der Waals surface area contributed by atoms with E-state index >= 15 is 0 Å². The molecule has 2 atom stereocenters. The van der Waals surface area contributed by atoms with E-state index in [1.54, 1.807) is 39.8 Å². The second-order valence-electron chi connectivity index (χ2n) is 6.64. The van der Waals surface area contributed by atoms with Crippen LogP contribution in [-0.2, 0) is 4.79 Å². The minimum atomic E-state index is -2.91. The van der Waals surface area contributed by atoms with Gasteiger partial charge in [0.25, 0.3) is 0 Å². The first-order chi connectivity index (χ1) is 13.1. The monoisotopic (exact) mass is 398 g/mol. The fourth-order valence-electron chi connectivity index (χ4n) is 3.30. The highest BCUT2D eigenvalue weighted by molar-refractivity contribution is 5.91. The van der Waals surface area contributed by atoms with E-state index in [4.69, 9.17) is 0 Å². The van der Waals surface area contributed by atoms with E-state index in [1.807, 2.05) is 0 Å². The molecule has 0 saturated carbocycles. The van der Waals surface area contributed by atoms with Gasteiger partial charge in [-0.15, -0.1) is 0 Å². The zero-order chi connectivity index (χ0) is 21.0. The zero-order valence-corrected chi connectivity index (χ0v) is 16.0. The molecule has 7 heteroatoms. The lowest BCUT2D eigenvalue weighted by molar-refractivity contribution is -0.121. The molecule has 0 aromatic heterocycles. The molecule has 0 bridgehead atoms. The number of hydrogen-bond acceptors (Lipinski definition) is 3. The number of halogens is 4. The number of benzene rings is 2. The Hall–Kier alpha value is -2.57. The van der Waals surface area contributed by atoms with Gasteiger partial charge in [-0.25, -0.2) is 0 Å². The van der Waals surface area contributed by atoms with E-state index in [1.165, 1.54) is 24.3 Å². The number of Topliss-reactive ketones (excluding diaryl/α,β-unsaturated/α-hetero) is 1. The van der Waals surface area contributed by atoms with Gasteiger partial charge in [0.15, 0.2) is 0 Å². The van der Waals surface area contributed by atoms with Gasteiger partial charge in [0.1, 0.15) is 17.3 Å². The first-order valence-corrected chi connectivity index (χ1v) is 8.74. The van der Waals surface area contributed by atoms with Gasteiger partial charge in [0.05, 0.1) is 0 Å². The van der Waals surface area contributed by atoms with Crippen molar-refractivity contribution in [1.82, 2.24) is 0 Å². The van der Waals surface area contributed by atoms with Crippen LogP contribution in [0.1, 0.15) is 47.9 Å². The van der Waals surface area contributed by atoms with Crippen LogP contribution in [-0.4, -0.2) is 19.0 Å². The molecule has 0 amide bonds. The number of carbonyl (C=O) groups is 1. The summed E-state index contributed by atoms with van der Waals surface area (Å²) in [6.07, 6.45) is 0. The van der Waals surface area contributed by atoms with Gasteiger partial charge in [-0.05, 0) is 60.4 Å². The summed E-state index contributed by atoms with van der Waals surface area (Å²) in [5, 5.41) is 0. The largest absolute Gasteiger partial charge is 0.435 e. The summed E-state index contributed by atoms with van der Waals surface area (Å²) in [6.45, 7) is 1.12. The summed E-state index contributed by atoms with van der Waals surface area (Å²) >= 11 is 0. The van der Waals surface area contributed by atoms with Crippen molar-refractivity contribution in [1.29, 1.82) is 0 Å². The molecule has 2 aromatic rings. The van der Waals surface area contributed by atoms with Gasteiger partial charge in [-0.2, -0.15) is 17.6 Å². The van der Waals surface area contributed by atoms with E-state index in [-0.39, 0.29) is 17.3 Å². The zero-order valence-electron chi connectivity index (χ0n) is 16.0. The fraction of sp³-hybridized carbons (Fsp3) is 0.381. The molecule has 152 valence electrons. The lowest BCUT2D eigenvalue weighted by Crippen LogP contribution is -2.18. The Morgan fingerprint density at radius 1 is 0.750 bits per heavy atom. The van der Waals surface area contributed by atoms with Crippen molar-refractivity contribution >= 4 is 5.78 Å². The summed E-state index contributed by atoms with van der Waals surface area (Å²) in [5.74, 6) is -0.959. The van der Waals surface area contributed by atoms with Crippen LogP contribution in [0.4, 0.5) is 17.6 Å². The van der Waals surface area contributed by atoms with Crippen molar-refractivity contribution in [3.8, 4) is 11.5 Å². The number of aryl methyl sites for hydroxylation is 2. The number of alkyl halides is 4. The molecular weight excluding hydrogens is 376 g/mol. The average Bonchev–Trinajstić information content (AvgIpc) is 2.59. The summed E-state index contributed by atoms with van der Waals surface area (Å²) in [4.78, 5) is 13.0. The topological polar surface area (TPSA) is 35.5 Å². The maximum atomic E-state index is 13.0. The van der Waals surface area contributed by atoms with Gasteiger partial charge in [-0.1, -0.05) is 26.0 Å². The Morgan fingerprint density at radius 2 is 1.11 bits per heavy atom. The van der Waals surface area contributed by atoms with Crippen molar-refractivity contribution in [3.05, 3.63) is 58.7 Å². The van der Waals surface area contributed by atoms with Gasteiger partial charge >= 0.3 is 13.2 Å². The summed E-state index contributed by atoms with van der Waals surface area (Å²) in [5.41, 5.74) is 2.77. The maximum Gasteiger partial charge on any atom is 0.387 e. The molecular formula is C21H22F4O3. The first kappa shape index (κ1) is 21.7. The molecule has 0 N–H and O–H groups in total. The van der Waals surface area contributed by atoms with Crippen LogP contribution in [0.15, 0.2) is 36.4 Å². The average molecular weight is 398 g/mol. The van der Waals surface area contributed by atoms with E-state index in [0.717, 1.165) is 0 Å². The molecule has 0 aliphatic heterocycles. The van der Waals surface area contributed by atoms with Crippen LogP contribution in [0.5, 0.6) is 11.5 Å². The predicted octanol–water partition coefficient (Wildman–Crippen LogP) is 5.98. The number of ketones is 1. The van der Waals surface area contributed by atoms with Crippen molar-refractivity contribution in [3.63, 3.8) is 0 Å². The van der Waals surface area contributed by atoms with E-state index in [0.29, 0.717) is 22.3 Å². The molecule has 0 saturated heterocycles. The minimum Gasteiger partial charge on any atom is -0.435 e.